The first kappa shape index (κ1) is 27.3. The van der Waals surface area contributed by atoms with Gasteiger partial charge in [-0.1, -0.05) is 82.9 Å². The lowest BCUT2D eigenvalue weighted by Gasteiger charge is -2.13. The zero-order chi connectivity index (χ0) is 24.3. The summed E-state index contributed by atoms with van der Waals surface area (Å²) in [5, 5.41) is 0. The minimum Gasteiger partial charge on any atom is -0.456 e. The van der Waals surface area contributed by atoms with Gasteiger partial charge in [-0.3, -0.25) is 9.11 Å². The fourth-order valence-electron chi connectivity index (χ4n) is 3.74. The summed E-state index contributed by atoms with van der Waals surface area (Å²) in [6.07, 6.45) is 13.3. The first-order chi connectivity index (χ1) is 15.6. The SMILES string of the molecule is CCCCCCCCCCCCc1cccc(Oc2cccc(S(=O)(=O)O)c2S(=O)(=O)O)c1. The minimum absolute atomic E-state index is 0.303. The molecule has 0 radical (unpaired) electrons. The van der Waals surface area contributed by atoms with Gasteiger partial charge in [0.05, 0.1) is 0 Å². The van der Waals surface area contributed by atoms with Crippen LogP contribution in [-0.2, 0) is 26.7 Å². The van der Waals surface area contributed by atoms with Gasteiger partial charge >= 0.3 is 0 Å². The molecule has 0 aliphatic heterocycles. The average Bonchev–Trinajstić information content (AvgIpc) is 2.74. The summed E-state index contributed by atoms with van der Waals surface area (Å²) in [4.78, 5) is -1.93. The maximum atomic E-state index is 11.8. The van der Waals surface area contributed by atoms with Gasteiger partial charge in [0.2, 0.25) is 0 Å². The highest BCUT2D eigenvalue weighted by Crippen LogP contribution is 2.34. The molecule has 2 aromatic rings. The fraction of sp³-hybridized carbons (Fsp3) is 0.500. The number of rotatable bonds is 15. The highest BCUT2D eigenvalue weighted by Gasteiger charge is 2.28. The van der Waals surface area contributed by atoms with Crippen molar-refractivity contribution < 1.29 is 30.7 Å². The maximum absolute atomic E-state index is 11.8. The van der Waals surface area contributed by atoms with Crippen molar-refractivity contribution in [3.8, 4) is 11.5 Å². The van der Waals surface area contributed by atoms with Crippen LogP contribution in [0.3, 0.4) is 0 Å². The molecule has 0 aliphatic carbocycles. The average molecular weight is 499 g/mol. The second-order valence-corrected chi connectivity index (χ2v) is 11.0. The largest absolute Gasteiger partial charge is 0.456 e. The maximum Gasteiger partial charge on any atom is 0.299 e. The Morgan fingerprint density at radius 2 is 1.30 bits per heavy atom. The number of benzene rings is 2. The molecule has 184 valence electrons. The Bertz CT molecular complexity index is 1090. The molecule has 0 aromatic heterocycles. The number of hydrogen-bond acceptors (Lipinski definition) is 5. The zero-order valence-corrected chi connectivity index (χ0v) is 20.7. The second-order valence-electron chi connectivity index (χ2n) is 8.21. The molecular formula is C24H34O7S2. The van der Waals surface area contributed by atoms with Crippen LogP contribution in [0.1, 0.15) is 76.7 Å². The molecule has 0 unspecified atom stereocenters. The van der Waals surface area contributed by atoms with Crippen molar-refractivity contribution in [2.24, 2.45) is 0 Å². The van der Waals surface area contributed by atoms with Gasteiger partial charge in [-0.05, 0) is 42.7 Å². The van der Waals surface area contributed by atoms with Crippen molar-refractivity contribution in [2.75, 3.05) is 0 Å². The monoisotopic (exact) mass is 498 g/mol. The van der Waals surface area contributed by atoms with Gasteiger partial charge in [0, 0.05) is 0 Å². The Balaban J connectivity index is 1.94. The van der Waals surface area contributed by atoms with Gasteiger partial charge in [0.15, 0.2) is 4.90 Å². The molecule has 0 spiro atoms. The molecule has 0 fully saturated rings. The van der Waals surface area contributed by atoms with E-state index >= 15 is 0 Å². The summed E-state index contributed by atoms with van der Waals surface area (Å²) in [6.45, 7) is 2.22. The Kier molecular flexibility index (Phi) is 10.8. The van der Waals surface area contributed by atoms with Gasteiger partial charge in [-0.15, -0.1) is 0 Å². The highest BCUT2D eigenvalue weighted by molar-refractivity contribution is 7.89. The topological polar surface area (TPSA) is 118 Å². The van der Waals surface area contributed by atoms with Crippen LogP contribution in [0.15, 0.2) is 52.3 Å². The predicted octanol–water partition coefficient (Wildman–Crippen LogP) is 6.44. The molecule has 7 nitrogen and oxygen atoms in total. The predicted molar refractivity (Wildman–Crippen MR) is 128 cm³/mol. The summed E-state index contributed by atoms with van der Waals surface area (Å²) in [6, 6.07) is 10.4. The smallest absolute Gasteiger partial charge is 0.299 e. The molecule has 0 aliphatic rings. The van der Waals surface area contributed by atoms with Crippen LogP contribution in [0.25, 0.3) is 0 Å². The van der Waals surface area contributed by atoms with Gasteiger partial charge < -0.3 is 4.74 Å². The molecule has 9 heteroatoms. The molecule has 2 N–H and O–H groups in total. The number of unbranched alkanes of at least 4 members (excludes halogenated alkanes) is 9. The Morgan fingerprint density at radius 1 is 0.727 bits per heavy atom. The van der Waals surface area contributed by atoms with Crippen LogP contribution in [0.2, 0.25) is 0 Å². The van der Waals surface area contributed by atoms with Crippen LogP contribution in [-0.4, -0.2) is 25.9 Å². The van der Waals surface area contributed by atoms with Crippen molar-refractivity contribution in [3.05, 3.63) is 48.0 Å². The third-order valence-electron chi connectivity index (χ3n) is 5.42. The normalized spacial score (nSPS) is 12.1. The standard InChI is InChI=1S/C24H34O7S2/c1-2-3-4-5-6-7-8-9-10-11-14-20-15-12-16-21(19-20)31-22-17-13-18-23(32(25,26)27)24(22)33(28,29)30/h12-13,15-19H,2-11,14H2,1H3,(H,25,26,27)(H,28,29,30). The molecule has 2 aromatic carbocycles. The number of ether oxygens (including phenoxy) is 1. The summed E-state index contributed by atoms with van der Waals surface area (Å²) in [5.74, 6) is -0.0827. The van der Waals surface area contributed by atoms with E-state index in [-0.39, 0.29) is 5.75 Å². The lowest BCUT2D eigenvalue weighted by Crippen LogP contribution is -2.10. The Labute approximate surface area is 197 Å². The van der Waals surface area contributed by atoms with Gasteiger partial charge in [-0.2, -0.15) is 16.8 Å². The first-order valence-corrected chi connectivity index (χ1v) is 14.4. The molecule has 0 atom stereocenters. The molecule has 2 rings (SSSR count). The second kappa shape index (κ2) is 13.1. The van der Waals surface area contributed by atoms with E-state index in [0.29, 0.717) is 5.75 Å². The van der Waals surface area contributed by atoms with E-state index < -0.39 is 30.0 Å². The van der Waals surface area contributed by atoms with Crippen LogP contribution in [0.4, 0.5) is 0 Å². The van der Waals surface area contributed by atoms with Crippen molar-refractivity contribution in [1.82, 2.24) is 0 Å². The lowest BCUT2D eigenvalue weighted by atomic mass is 10.0. The molecule has 0 amide bonds. The first-order valence-electron chi connectivity index (χ1n) is 11.5. The van der Waals surface area contributed by atoms with Crippen LogP contribution in [0.5, 0.6) is 11.5 Å². The molecule has 33 heavy (non-hydrogen) atoms. The van der Waals surface area contributed by atoms with E-state index in [9.17, 15) is 25.9 Å². The van der Waals surface area contributed by atoms with Crippen LogP contribution < -0.4 is 4.74 Å². The molecule has 0 saturated carbocycles. The third-order valence-corrected chi connectivity index (χ3v) is 7.39. The molecule has 0 saturated heterocycles. The molecule has 0 bridgehead atoms. The van der Waals surface area contributed by atoms with Crippen molar-refractivity contribution in [3.63, 3.8) is 0 Å². The fourth-order valence-corrected chi connectivity index (χ4v) is 5.64. The number of hydrogen-bond donors (Lipinski definition) is 2. The van der Waals surface area contributed by atoms with E-state index in [1.165, 1.54) is 63.5 Å². The van der Waals surface area contributed by atoms with E-state index in [0.717, 1.165) is 30.9 Å². The van der Waals surface area contributed by atoms with E-state index in [1.54, 1.807) is 18.2 Å². The van der Waals surface area contributed by atoms with E-state index in [4.69, 9.17) is 4.74 Å². The Hall–Kier alpha value is -1.94. The molecule has 0 heterocycles. The van der Waals surface area contributed by atoms with Gasteiger partial charge in [0.1, 0.15) is 16.4 Å². The van der Waals surface area contributed by atoms with Crippen molar-refractivity contribution in [1.29, 1.82) is 0 Å². The summed E-state index contributed by atoms with van der Waals surface area (Å²) >= 11 is 0. The van der Waals surface area contributed by atoms with Crippen molar-refractivity contribution in [2.45, 2.75) is 87.3 Å². The molecular weight excluding hydrogens is 464 g/mol. The van der Waals surface area contributed by atoms with E-state index in [2.05, 4.69) is 6.92 Å². The third kappa shape index (κ3) is 9.44. The number of aryl methyl sites for hydroxylation is 1. The van der Waals surface area contributed by atoms with Gasteiger partial charge in [-0.25, -0.2) is 0 Å². The zero-order valence-electron chi connectivity index (χ0n) is 19.1. The van der Waals surface area contributed by atoms with Crippen molar-refractivity contribution >= 4 is 20.2 Å². The van der Waals surface area contributed by atoms with Crippen LogP contribution >= 0.6 is 0 Å². The Morgan fingerprint density at radius 3 is 1.88 bits per heavy atom. The highest BCUT2D eigenvalue weighted by atomic mass is 32.2. The summed E-state index contributed by atoms with van der Waals surface area (Å²) in [7, 11) is -9.86. The minimum atomic E-state index is -4.97. The quantitative estimate of drug-likeness (QED) is 0.214. The van der Waals surface area contributed by atoms with Gasteiger partial charge in [0.25, 0.3) is 20.2 Å². The lowest BCUT2D eigenvalue weighted by molar-refractivity contribution is 0.437. The summed E-state index contributed by atoms with van der Waals surface area (Å²) < 4.78 is 71.1. The van der Waals surface area contributed by atoms with Crippen LogP contribution in [0, 0.1) is 0 Å². The van der Waals surface area contributed by atoms with E-state index in [1.807, 2.05) is 6.07 Å². The summed E-state index contributed by atoms with van der Waals surface area (Å²) in [5.41, 5.74) is 1.01.